The number of nitrogens with one attached hydrogen (secondary N) is 2. The van der Waals surface area contributed by atoms with E-state index in [0.717, 1.165) is 6.26 Å². The van der Waals surface area contributed by atoms with Crippen LogP contribution >= 0.6 is 11.6 Å². The molecule has 0 bridgehead atoms. The molecule has 4 N–H and O–H groups in total. The number of hydrogen-bond donors (Lipinski definition) is 3. The Labute approximate surface area is 115 Å². The van der Waals surface area contributed by atoms with E-state index in [0.29, 0.717) is 5.69 Å². The number of nitrogens with two attached hydrogens (primary N) is 1. The molecule has 0 aliphatic heterocycles. The van der Waals surface area contributed by atoms with Gasteiger partial charge in [-0.3, -0.25) is 10.8 Å². The largest absolute Gasteiger partial charge is 0.382 e. The molecule has 100 valence electrons. The van der Waals surface area contributed by atoms with E-state index >= 15 is 0 Å². The fourth-order valence-corrected chi connectivity index (χ4v) is 2.01. The van der Waals surface area contributed by atoms with Crippen LogP contribution in [0.25, 0.3) is 0 Å². The molecule has 0 unspecified atom stereocenters. The molecule has 0 aromatic heterocycles. The Morgan fingerprint density at radius 3 is 2.63 bits per heavy atom. The van der Waals surface area contributed by atoms with Crippen molar-refractivity contribution in [2.45, 2.75) is 4.90 Å². The molecule has 0 saturated heterocycles. The van der Waals surface area contributed by atoms with Gasteiger partial charge in [-0.25, -0.2) is 8.42 Å². The highest BCUT2D eigenvalue weighted by Gasteiger charge is 2.10. The molecule has 0 saturated carbocycles. The highest BCUT2D eigenvalue weighted by molar-refractivity contribution is 7.90. The first-order chi connectivity index (χ1) is 8.75. The molecule has 19 heavy (non-hydrogen) atoms. The number of hydrazone groups is 1. The van der Waals surface area contributed by atoms with E-state index in [9.17, 15) is 8.42 Å². The van der Waals surface area contributed by atoms with Gasteiger partial charge >= 0.3 is 0 Å². The number of amidine groups is 1. The lowest BCUT2D eigenvalue weighted by atomic mass is 10.3. The molecule has 0 fully saturated rings. The second-order valence-electron chi connectivity index (χ2n) is 3.51. The smallest absolute Gasteiger partial charge is 0.201 e. The molecule has 1 aromatic rings. The van der Waals surface area contributed by atoms with E-state index in [4.69, 9.17) is 28.0 Å². The van der Waals surface area contributed by atoms with E-state index in [2.05, 4.69) is 10.5 Å². The average Bonchev–Trinajstić information content (AvgIpc) is 2.29. The molecule has 0 aliphatic carbocycles. The fraction of sp³-hybridized carbons (Fsp3) is 0.100. The van der Waals surface area contributed by atoms with Crippen LogP contribution in [0.4, 0.5) is 5.69 Å². The summed E-state index contributed by atoms with van der Waals surface area (Å²) in [5.41, 5.74) is 7.54. The molecule has 0 amide bonds. The normalized spacial score (nSPS) is 11.7. The summed E-state index contributed by atoms with van der Waals surface area (Å²) in [5, 5.41) is 19.4. The highest BCUT2D eigenvalue weighted by Crippen LogP contribution is 2.25. The van der Waals surface area contributed by atoms with Crippen molar-refractivity contribution in [2.24, 2.45) is 10.8 Å². The van der Waals surface area contributed by atoms with Crippen LogP contribution in [-0.4, -0.2) is 26.2 Å². The van der Waals surface area contributed by atoms with Crippen molar-refractivity contribution < 1.29 is 8.42 Å². The van der Waals surface area contributed by atoms with Gasteiger partial charge in [-0.1, -0.05) is 11.6 Å². The minimum atomic E-state index is -3.35. The van der Waals surface area contributed by atoms with Crippen molar-refractivity contribution in [1.29, 1.82) is 10.7 Å². The van der Waals surface area contributed by atoms with Crippen molar-refractivity contribution >= 4 is 38.7 Å². The lowest BCUT2D eigenvalue weighted by Crippen LogP contribution is -2.21. The van der Waals surface area contributed by atoms with Crippen LogP contribution in [0.15, 0.2) is 28.2 Å². The first kappa shape index (κ1) is 14.9. The minimum absolute atomic E-state index is 0.0686. The summed E-state index contributed by atoms with van der Waals surface area (Å²) < 4.78 is 22.6. The van der Waals surface area contributed by atoms with Gasteiger partial charge in [-0.05, 0) is 18.2 Å². The van der Waals surface area contributed by atoms with Crippen LogP contribution in [0.5, 0.6) is 0 Å². The SMILES string of the molecule is CS(=O)(=O)c1ccc(N/N=C(\C#N)C(=N)N)c(Cl)c1. The zero-order chi connectivity index (χ0) is 14.6. The molecule has 1 aromatic carbocycles. The summed E-state index contributed by atoms with van der Waals surface area (Å²) >= 11 is 5.88. The maximum absolute atomic E-state index is 11.3. The fourth-order valence-electron chi connectivity index (χ4n) is 1.08. The summed E-state index contributed by atoms with van der Waals surface area (Å²) in [5.74, 6) is -0.487. The van der Waals surface area contributed by atoms with Gasteiger partial charge in [0.2, 0.25) is 5.71 Å². The minimum Gasteiger partial charge on any atom is -0.382 e. The van der Waals surface area contributed by atoms with Crippen LogP contribution in [0.2, 0.25) is 5.02 Å². The maximum Gasteiger partial charge on any atom is 0.201 e. The summed E-state index contributed by atoms with van der Waals surface area (Å²) in [7, 11) is -3.35. The summed E-state index contributed by atoms with van der Waals surface area (Å²) in [6.07, 6.45) is 1.06. The maximum atomic E-state index is 11.3. The van der Waals surface area contributed by atoms with Crippen molar-refractivity contribution in [3.63, 3.8) is 0 Å². The van der Waals surface area contributed by atoms with E-state index in [1.54, 1.807) is 6.07 Å². The number of hydrogen-bond acceptors (Lipinski definition) is 6. The summed E-state index contributed by atoms with van der Waals surface area (Å²) in [4.78, 5) is 0.0686. The van der Waals surface area contributed by atoms with Crippen molar-refractivity contribution in [3.8, 4) is 6.07 Å². The predicted molar refractivity (Wildman–Crippen MR) is 73.1 cm³/mol. The molecule has 9 heteroatoms. The second kappa shape index (κ2) is 5.69. The molecular weight excluding hydrogens is 290 g/mol. The van der Waals surface area contributed by atoms with E-state index in [1.165, 1.54) is 18.2 Å². The molecule has 7 nitrogen and oxygen atoms in total. The van der Waals surface area contributed by atoms with Gasteiger partial charge in [0, 0.05) is 6.26 Å². The van der Waals surface area contributed by atoms with Gasteiger partial charge in [0.05, 0.1) is 15.6 Å². The molecule has 0 radical (unpaired) electrons. The van der Waals surface area contributed by atoms with Crippen LogP contribution in [0.1, 0.15) is 0 Å². The van der Waals surface area contributed by atoms with Gasteiger partial charge in [0.15, 0.2) is 15.7 Å². The van der Waals surface area contributed by atoms with Gasteiger partial charge in [0.1, 0.15) is 6.07 Å². The first-order valence-corrected chi connectivity index (χ1v) is 7.10. The van der Waals surface area contributed by atoms with Gasteiger partial charge in [0.25, 0.3) is 0 Å². The van der Waals surface area contributed by atoms with Crippen molar-refractivity contribution in [1.82, 2.24) is 0 Å². The van der Waals surface area contributed by atoms with Gasteiger partial charge < -0.3 is 5.73 Å². The number of benzene rings is 1. The van der Waals surface area contributed by atoms with E-state index in [1.807, 2.05) is 0 Å². The van der Waals surface area contributed by atoms with Crippen molar-refractivity contribution in [3.05, 3.63) is 23.2 Å². The summed E-state index contributed by atoms with van der Waals surface area (Å²) in [6, 6.07) is 5.63. The third-order valence-electron chi connectivity index (χ3n) is 2.02. The van der Waals surface area contributed by atoms with Crippen LogP contribution in [0, 0.1) is 16.7 Å². The Morgan fingerprint density at radius 2 is 2.21 bits per heavy atom. The average molecular weight is 300 g/mol. The second-order valence-corrected chi connectivity index (χ2v) is 5.93. The predicted octanol–water partition coefficient (Wildman–Crippen LogP) is 0.971. The van der Waals surface area contributed by atoms with Gasteiger partial charge in [-0.2, -0.15) is 10.4 Å². The molecule has 0 heterocycles. The Kier molecular flexibility index (Phi) is 4.47. The van der Waals surface area contributed by atoms with E-state index < -0.39 is 15.7 Å². The van der Waals surface area contributed by atoms with Crippen LogP contribution < -0.4 is 11.2 Å². The lowest BCUT2D eigenvalue weighted by Gasteiger charge is -2.05. The molecule has 1 rings (SSSR count). The van der Waals surface area contributed by atoms with Crippen LogP contribution in [0.3, 0.4) is 0 Å². The number of anilines is 1. The third kappa shape index (κ3) is 3.94. The number of halogens is 1. The number of rotatable bonds is 4. The molecular formula is C10H10ClN5O2S. The Hall–Kier alpha value is -2.11. The third-order valence-corrected chi connectivity index (χ3v) is 3.44. The monoisotopic (exact) mass is 299 g/mol. The van der Waals surface area contributed by atoms with Crippen LogP contribution in [-0.2, 0) is 9.84 Å². The Balaban J connectivity index is 3.06. The highest BCUT2D eigenvalue weighted by atomic mass is 35.5. The standard InChI is InChI=1S/C10H10ClN5O2S/c1-19(17,18)6-2-3-8(7(11)4-6)15-16-9(5-12)10(13)14/h2-4,15H,1H3,(H3,13,14)/b16-9+. The lowest BCUT2D eigenvalue weighted by molar-refractivity contribution is 0.602. The number of sulfone groups is 1. The zero-order valence-electron chi connectivity index (χ0n) is 9.81. The zero-order valence-corrected chi connectivity index (χ0v) is 11.4. The molecule has 0 aliphatic rings. The van der Waals surface area contributed by atoms with Gasteiger partial charge in [-0.15, -0.1) is 0 Å². The topological polar surface area (TPSA) is 132 Å². The Bertz CT molecular complexity index is 690. The first-order valence-electron chi connectivity index (χ1n) is 4.83. The number of nitriles is 1. The molecule has 0 atom stereocenters. The Morgan fingerprint density at radius 1 is 1.58 bits per heavy atom. The quantitative estimate of drug-likeness (QED) is 0.433. The molecule has 0 spiro atoms. The summed E-state index contributed by atoms with van der Waals surface area (Å²) in [6.45, 7) is 0. The van der Waals surface area contributed by atoms with Crippen molar-refractivity contribution in [2.75, 3.05) is 11.7 Å². The number of nitrogens with zero attached hydrogens (tertiary/aromatic N) is 2. The van der Waals surface area contributed by atoms with E-state index in [-0.39, 0.29) is 15.6 Å².